The van der Waals surface area contributed by atoms with Gasteiger partial charge in [-0.25, -0.2) is 0 Å². The number of hydrogen-bond acceptors (Lipinski definition) is 3. The van der Waals surface area contributed by atoms with Crippen LogP contribution in [0, 0.1) is 0 Å². The van der Waals surface area contributed by atoms with Gasteiger partial charge in [0.05, 0.1) is 10.9 Å². The lowest BCUT2D eigenvalue weighted by molar-refractivity contribution is -0.117. The maximum absolute atomic E-state index is 11.7. The molecule has 0 aliphatic carbocycles. The molecule has 0 radical (unpaired) electrons. The molecule has 0 aliphatic heterocycles. The summed E-state index contributed by atoms with van der Waals surface area (Å²) in [6.07, 6.45) is 7.05. The summed E-state index contributed by atoms with van der Waals surface area (Å²) in [4.78, 5) is 11.5. The molecule has 0 bridgehead atoms. The van der Waals surface area contributed by atoms with Crippen molar-refractivity contribution in [2.75, 3.05) is 0 Å². The van der Waals surface area contributed by atoms with E-state index in [9.17, 15) is 17.8 Å². The number of hydrogen-bond donors (Lipinski definition) is 2. The molecule has 0 spiro atoms. The molecule has 0 saturated heterocycles. The van der Waals surface area contributed by atoms with Gasteiger partial charge in [-0.1, -0.05) is 63.8 Å². The maximum atomic E-state index is 11.7. The van der Waals surface area contributed by atoms with Crippen molar-refractivity contribution in [2.24, 2.45) is 0 Å². The van der Waals surface area contributed by atoms with Crippen LogP contribution in [0.15, 0.2) is 41.8 Å². The molecule has 23 heavy (non-hydrogen) atoms. The summed E-state index contributed by atoms with van der Waals surface area (Å²) in [5.41, 5.74) is 0.403. The zero-order chi connectivity index (χ0) is 17.3. The molecule has 0 saturated carbocycles. The largest absolute Gasteiger partial charge is 0.346 e. The van der Waals surface area contributed by atoms with Crippen molar-refractivity contribution in [3.05, 3.63) is 42.5 Å². The molecule has 0 aliphatic rings. The minimum absolute atomic E-state index is 0.164. The third kappa shape index (κ3) is 6.54. The van der Waals surface area contributed by atoms with Crippen molar-refractivity contribution in [2.45, 2.75) is 56.4 Å². The Bertz CT molecular complexity index is 625. The highest BCUT2D eigenvalue weighted by Crippen LogP contribution is 2.26. The molecule has 128 valence electrons. The summed E-state index contributed by atoms with van der Waals surface area (Å²) in [6.45, 7) is 5.55. The van der Waals surface area contributed by atoms with Crippen LogP contribution in [-0.2, 0) is 14.9 Å². The van der Waals surface area contributed by atoms with Crippen LogP contribution in [0.5, 0.6) is 0 Å². The monoisotopic (exact) mass is 339 g/mol. The van der Waals surface area contributed by atoms with E-state index >= 15 is 0 Å². The molecule has 1 unspecified atom stereocenters. The molecule has 1 atom stereocenters. The number of amides is 1. The quantitative estimate of drug-likeness (QED) is 0.387. The van der Waals surface area contributed by atoms with E-state index in [2.05, 4.69) is 18.8 Å². The van der Waals surface area contributed by atoms with Crippen LogP contribution in [0.2, 0.25) is 0 Å². The number of benzene rings is 1. The highest BCUT2D eigenvalue weighted by molar-refractivity contribution is 7.85. The van der Waals surface area contributed by atoms with Crippen LogP contribution < -0.4 is 5.32 Å². The van der Waals surface area contributed by atoms with E-state index in [1.807, 2.05) is 0 Å². The number of carbonyl (C=O) groups excluding carboxylic acids is 1. The fraction of sp³-hybridized carbons (Fsp3) is 0.471. The predicted molar refractivity (Wildman–Crippen MR) is 90.7 cm³/mol. The third-order valence-electron chi connectivity index (χ3n) is 3.67. The van der Waals surface area contributed by atoms with Gasteiger partial charge in [0, 0.05) is 0 Å². The predicted octanol–water partition coefficient (Wildman–Crippen LogP) is 3.64. The summed E-state index contributed by atoms with van der Waals surface area (Å²) in [6, 6.07) is 5.71. The van der Waals surface area contributed by atoms with Crippen LogP contribution in [0.25, 0.3) is 0 Å². The van der Waals surface area contributed by atoms with Crippen molar-refractivity contribution in [3.63, 3.8) is 0 Å². The van der Waals surface area contributed by atoms with Gasteiger partial charge in [-0.05, 0) is 24.1 Å². The van der Waals surface area contributed by atoms with Gasteiger partial charge in [0.2, 0.25) is 5.91 Å². The summed E-state index contributed by atoms with van der Waals surface area (Å²) < 4.78 is 32.5. The first-order valence-electron chi connectivity index (χ1n) is 7.89. The van der Waals surface area contributed by atoms with Gasteiger partial charge in [-0.3, -0.25) is 9.35 Å². The van der Waals surface area contributed by atoms with Gasteiger partial charge < -0.3 is 5.32 Å². The van der Waals surface area contributed by atoms with Crippen molar-refractivity contribution in [1.82, 2.24) is 5.32 Å². The lowest BCUT2D eigenvalue weighted by atomic mass is 9.99. The highest BCUT2D eigenvalue weighted by atomic mass is 32.2. The van der Waals surface area contributed by atoms with Crippen molar-refractivity contribution in [1.29, 1.82) is 0 Å². The van der Waals surface area contributed by atoms with Crippen molar-refractivity contribution >= 4 is 16.0 Å². The zero-order valence-corrected chi connectivity index (χ0v) is 14.3. The SMILES string of the molecule is C=CC(=O)NC(CCCCCCC)c1ccccc1S(=O)(=O)O. The first-order chi connectivity index (χ1) is 10.9. The molecule has 1 aromatic carbocycles. The number of nitrogens with one attached hydrogen (secondary N) is 1. The number of unbranched alkanes of at least 4 members (excludes halogenated alkanes) is 4. The Labute approximate surface area is 138 Å². The molecule has 0 fully saturated rings. The molecular weight excluding hydrogens is 314 g/mol. The van der Waals surface area contributed by atoms with E-state index in [0.717, 1.165) is 38.2 Å². The Hall–Kier alpha value is -1.66. The summed E-state index contributed by atoms with van der Waals surface area (Å²) in [7, 11) is -4.34. The zero-order valence-electron chi connectivity index (χ0n) is 13.5. The lowest BCUT2D eigenvalue weighted by Crippen LogP contribution is -2.28. The van der Waals surface area contributed by atoms with Crippen LogP contribution in [0.4, 0.5) is 0 Å². The normalized spacial score (nSPS) is 12.6. The third-order valence-corrected chi connectivity index (χ3v) is 4.60. The minimum Gasteiger partial charge on any atom is -0.346 e. The Morgan fingerprint density at radius 3 is 2.52 bits per heavy atom. The maximum Gasteiger partial charge on any atom is 0.294 e. The average molecular weight is 339 g/mol. The van der Waals surface area contributed by atoms with E-state index in [1.54, 1.807) is 18.2 Å². The van der Waals surface area contributed by atoms with E-state index in [0.29, 0.717) is 12.0 Å². The van der Waals surface area contributed by atoms with E-state index in [4.69, 9.17) is 0 Å². The Morgan fingerprint density at radius 2 is 1.91 bits per heavy atom. The van der Waals surface area contributed by atoms with Gasteiger partial charge in [0.25, 0.3) is 10.1 Å². The summed E-state index contributed by atoms with van der Waals surface area (Å²) in [5.74, 6) is -0.367. The highest BCUT2D eigenvalue weighted by Gasteiger charge is 2.22. The number of rotatable bonds is 10. The van der Waals surface area contributed by atoms with Crippen molar-refractivity contribution in [3.8, 4) is 0 Å². The van der Waals surface area contributed by atoms with Crippen LogP contribution >= 0.6 is 0 Å². The lowest BCUT2D eigenvalue weighted by Gasteiger charge is -2.20. The fourth-order valence-electron chi connectivity index (χ4n) is 2.49. The molecule has 0 heterocycles. The average Bonchev–Trinajstić information content (AvgIpc) is 2.52. The molecule has 1 rings (SSSR count). The standard InChI is InChI=1S/C17H25NO4S/c1-3-5-6-7-8-12-15(18-17(19)4-2)14-11-9-10-13-16(14)23(20,21)22/h4,9-11,13,15H,2-3,5-8,12H2,1H3,(H,18,19)(H,20,21,22). The van der Waals surface area contributed by atoms with Gasteiger partial charge >= 0.3 is 0 Å². The first kappa shape index (κ1) is 19.4. The van der Waals surface area contributed by atoms with E-state index < -0.39 is 16.2 Å². The van der Waals surface area contributed by atoms with Gasteiger partial charge in [0.15, 0.2) is 0 Å². The topological polar surface area (TPSA) is 83.5 Å². The fourth-order valence-corrected chi connectivity index (χ4v) is 3.25. The molecule has 1 amide bonds. The second kappa shape index (κ2) is 9.47. The Balaban J connectivity index is 2.96. The van der Waals surface area contributed by atoms with E-state index in [1.165, 1.54) is 6.07 Å². The molecule has 2 N–H and O–H groups in total. The smallest absolute Gasteiger partial charge is 0.294 e. The Morgan fingerprint density at radius 1 is 1.26 bits per heavy atom. The second-order valence-corrected chi connectivity index (χ2v) is 6.87. The van der Waals surface area contributed by atoms with Crippen LogP contribution in [0.1, 0.15) is 57.1 Å². The second-order valence-electron chi connectivity index (χ2n) is 5.48. The molecule has 6 heteroatoms. The van der Waals surface area contributed by atoms with Crippen LogP contribution in [0.3, 0.4) is 0 Å². The van der Waals surface area contributed by atoms with Crippen LogP contribution in [-0.4, -0.2) is 18.9 Å². The molecular formula is C17H25NO4S. The first-order valence-corrected chi connectivity index (χ1v) is 9.33. The van der Waals surface area contributed by atoms with Gasteiger partial charge in [-0.15, -0.1) is 0 Å². The van der Waals surface area contributed by atoms with E-state index in [-0.39, 0.29) is 10.8 Å². The van der Waals surface area contributed by atoms with Gasteiger partial charge in [-0.2, -0.15) is 8.42 Å². The summed E-state index contributed by atoms with van der Waals surface area (Å²) >= 11 is 0. The van der Waals surface area contributed by atoms with Gasteiger partial charge in [0.1, 0.15) is 0 Å². The minimum atomic E-state index is -4.34. The molecule has 0 aromatic heterocycles. The molecule has 5 nitrogen and oxygen atoms in total. The molecule has 1 aromatic rings. The van der Waals surface area contributed by atoms with Crippen molar-refractivity contribution < 1.29 is 17.8 Å². The number of carbonyl (C=O) groups is 1. The Kier molecular flexibility index (Phi) is 7.98. The summed E-state index contributed by atoms with van der Waals surface area (Å²) in [5, 5.41) is 2.75.